The molecule has 0 aromatic carbocycles. The predicted molar refractivity (Wildman–Crippen MR) is 57.9 cm³/mol. The van der Waals surface area contributed by atoms with Gasteiger partial charge in [0.1, 0.15) is 6.61 Å². The van der Waals surface area contributed by atoms with Crippen LogP contribution in [0.2, 0.25) is 0 Å². The molecule has 0 radical (unpaired) electrons. The van der Waals surface area contributed by atoms with Crippen LogP contribution in [0.15, 0.2) is 0 Å². The Bertz CT molecular complexity index is 363. The minimum Gasteiger partial charge on any atom is -0.467 e. The number of rotatable bonds is 5. The average molecular weight is 269 g/mol. The first-order valence-electron chi connectivity index (χ1n) is 5.13. The van der Waals surface area contributed by atoms with Crippen molar-refractivity contribution in [3.63, 3.8) is 0 Å². The molecule has 0 unspecified atom stereocenters. The highest BCUT2D eigenvalue weighted by atomic mass is 32.1. The minimum atomic E-state index is -4.53. The molecule has 17 heavy (non-hydrogen) atoms. The topological polar surface area (TPSA) is 61.0 Å². The molecule has 1 aromatic rings. The fourth-order valence-electron chi connectivity index (χ4n) is 1.04. The van der Waals surface area contributed by atoms with Crippen molar-refractivity contribution in [2.45, 2.75) is 38.4 Å². The molecular weight excluding hydrogens is 255 g/mol. The molecule has 0 bridgehead atoms. The average Bonchev–Trinajstić information content (AvgIpc) is 2.74. The van der Waals surface area contributed by atoms with E-state index in [4.69, 9.17) is 10.5 Å². The van der Waals surface area contributed by atoms with Gasteiger partial charge < -0.3 is 10.5 Å². The summed E-state index contributed by atoms with van der Waals surface area (Å²) in [5, 5.41) is -0.103. The fourth-order valence-corrected chi connectivity index (χ4v) is 1.59. The van der Waals surface area contributed by atoms with Crippen molar-refractivity contribution in [3.8, 4) is 5.19 Å². The van der Waals surface area contributed by atoms with Gasteiger partial charge in [-0.2, -0.15) is 22.5 Å². The molecule has 0 atom stereocenters. The summed E-state index contributed by atoms with van der Waals surface area (Å²) < 4.78 is 45.0. The van der Waals surface area contributed by atoms with Gasteiger partial charge in [0.2, 0.25) is 0 Å². The van der Waals surface area contributed by atoms with Gasteiger partial charge in [-0.3, -0.25) is 0 Å². The lowest BCUT2D eigenvalue weighted by Crippen LogP contribution is -2.44. The van der Waals surface area contributed by atoms with Crippen LogP contribution < -0.4 is 10.5 Å². The maximum absolute atomic E-state index is 12.2. The van der Waals surface area contributed by atoms with Crippen LogP contribution in [0.4, 0.5) is 13.2 Å². The lowest BCUT2D eigenvalue weighted by Gasteiger charge is -2.25. The van der Waals surface area contributed by atoms with Crippen molar-refractivity contribution in [1.29, 1.82) is 0 Å². The van der Waals surface area contributed by atoms with E-state index < -0.39 is 17.5 Å². The maximum atomic E-state index is 12.2. The standard InChI is InChI=1S/C9H14F3N3OS/c1-3-8(13,4-2)5-16-7-14-6(15-17-7)9(10,11)12/h3-5,13H2,1-2H3. The van der Waals surface area contributed by atoms with E-state index >= 15 is 0 Å². The third-order valence-electron chi connectivity index (χ3n) is 2.55. The van der Waals surface area contributed by atoms with E-state index in [9.17, 15) is 13.2 Å². The first-order valence-corrected chi connectivity index (χ1v) is 5.90. The number of halogens is 3. The Labute approximate surface area is 101 Å². The van der Waals surface area contributed by atoms with Crippen molar-refractivity contribution in [2.24, 2.45) is 5.73 Å². The Morgan fingerprint density at radius 2 is 1.88 bits per heavy atom. The highest BCUT2D eigenvalue weighted by Crippen LogP contribution is 2.30. The zero-order chi connectivity index (χ0) is 13.1. The van der Waals surface area contributed by atoms with E-state index in [1.165, 1.54) is 0 Å². The highest BCUT2D eigenvalue weighted by molar-refractivity contribution is 7.07. The number of alkyl halides is 3. The second kappa shape index (κ2) is 5.18. The Balaban J connectivity index is 2.62. The van der Waals surface area contributed by atoms with Gasteiger partial charge in [0, 0.05) is 17.1 Å². The molecule has 4 nitrogen and oxygen atoms in total. The summed E-state index contributed by atoms with van der Waals surface area (Å²) >= 11 is 0.579. The van der Waals surface area contributed by atoms with Crippen LogP contribution in [-0.4, -0.2) is 21.5 Å². The molecule has 2 N–H and O–H groups in total. The zero-order valence-electron chi connectivity index (χ0n) is 9.54. The van der Waals surface area contributed by atoms with Crippen molar-refractivity contribution >= 4 is 11.5 Å². The summed E-state index contributed by atoms with van der Waals surface area (Å²) in [5.41, 5.74) is 5.41. The first kappa shape index (κ1) is 14.2. The van der Waals surface area contributed by atoms with Crippen LogP contribution in [0.1, 0.15) is 32.5 Å². The van der Waals surface area contributed by atoms with Gasteiger partial charge in [-0.25, -0.2) is 0 Å². The Hall–Kier alpha value is -0.890. The van der Waals surface area contributed by atoms with Gasteiger partial charge in [-0.15, -0.1) is 0 Å². The molecule has 0 amide bonds. The van der Waals surface area contributed by atoms with E-state index in [1.54, 1.807) is 0 Å². The van der Waals surface area contributed by atoms with E-state index in [-0.39, 0.29) is 11.8 Å². The molecule has 1 heterocycles. The SMILES string of the molecule is CCC(N)(CC)COc1nc(C(F)(F)F)ns1. The Kier molecular flexibility index (Phi) is 4.31. The fraction of sp³-hybridized carbons (Fsp3) is 0.778. The van der Waals surface area contributed by atoms with Gasteiger partial charge >= 0.3 is 6.18 Å². The van der Waals surface area contributed by atoms with Gasteiger partial charge in [-0.05, 0) is 12.8 Å². The smallest absolute Gasteiger partial charge is 0.452 e. The van der Waals surface area contributed by atoms with Crippen LogP contribution in [0.25, 0.3) is 0 Å². The zero-order valence-corrected chi connectivity index (χ0v) is 10.4. The predicted octanol–water partition coefficient (Wildman–Crippen LogP) is 2.45. The summed E-state index contributed by atoms with van der Waals surface area (Å²) in [6.07, 6.45) is -3.18. The largest absolute Gasteiger partial charge is 0.467 e. The van der Waals surface area contributed by atoms with Gasteiger partial charge in [0.25, 0.3) is 11.0 Å². The van der Waals surface area contributed by atoms with Crippen LogP contribution in [-0.2, 0) is 6.18 Å². The minimum absolute atomic E-state index is 0.103. The van der Waals surface area contributed by atoms with Crippen LogP contribution in [0.5, 0.6) is 5.19 Å². The van der Waals surface area contributed by atoms with Crippen molar-refractivity contribution in [1.82, 2.24) is 9.36 Å². The molecule has 0 fully saturated rings. The molecule has 0 saturated heterocycles. The van der Waals surface area contributed by atoms with Crippen LogP contribution >= 0.6 is 11.5 Å². The molecule has 8 heteroatoms. The number of hydrogen-bond donors (Lipinski definition) is 1. The van der Waals surface area contributed by atoms with Gasteiger partial charge in [-0.1, -0.05) is 13.8 Å². The number of nitrogens with zero attached hydrogens (tertiary/aromatic N) is 2. The molecule has 0 aliphatic carbocycles. The Morgan fingerprint density at radius 1 is 1.29 bits per heavy atom. The second-order valence-electron chi connectivity index (χ2n) is 3.74. The van der Waals surface area contributed by atoms with Crippen molar-refractivity contribution in [2.75, 3.05) is 6.61 Å². The summed E-state index contributed by atoms with van der Waals surface area (Å²) in [6.45, 7) is 3.93. The molecule has 0 spiro atoms. The summed E-state index contributed by atoms with van der Waals surface area (Å²) in [6, 6.07) is 0. The van der Waals surface area contributed by atoms with Gasteiger partial charge in [0.05, 0.1) is 0 Å². The molecule has 1 rings (SSSR count). The normalized spacial score (nSPS) is 12.8. The lowest BCUT2D eigenvalue weighted by molar-refractivity contribution is -0.144. The van der Waals surface area contributed by atoms with E-state index in [1.807, 2.05) is 13.8 Å². The summed E-state index contributed by atoms with van der Waals surface area (Å²) in [5.74, 6) is -1.17. The third-order valence-corrected chi connectivity index (χ3v) is 3.18. The van der Waals surface area contributed by atoms with E-state index in [2.05, 4.69) is 9.36 Å². The second-order valence-corrected chi connectivity index (χ2v) is 4.45. The Morgan fingerprint density at radius 3 is 2.29 bits per heavy atom. The van der Waals surface area contributed by atoms with Gasteiger partial charge in [0.15, 0.2) is 0 Å². The summed E-state index contributed by atoms with van der Waals surface area (Å²) in [4.78, 5) is 3.26. The molecule has 1 aromatic heterocycles. The van der Waals surface area contributed by atoms with E-state index in [0.717, 1.165) is 0 Å². The van der Waals surface area contributed by atoms with E-state index in [0.29, 0.717) is 24.4 Å². The first-order chi connectivity index (χ1) is 7.80. The quantitative estimate of drug-likeness (QED) is 0.892. The molecule has 98 valence electrons. The van der Waals surface area contributed by atoms with Crippen molar-refractivity contribution < 1.29 is 17.9 Å². The number of hydrogen-bond acceptors (Lipinski definition) is 5. The maximum Gasteiger partial charge on any atom is 0.452 e. The number of ether oxygens (including phenoxy) is 1. The number of aromatic nitrogens is 2. The lowest BCUT2D eigenvalue weighted by atomic mass is 9.96. The molecule has 0 aliphatic rings. The highest BCUT2D eigenvalue weighted by Gasteiger charge is 2.36. The van der Waals surface area contributed by atoms with Crippen LogP contribution in [0, 0.1) is 0 Å². The summed E-state index contributed by atoms with van der Waals surface area (Å²) in [7, 11) is 0. The molecule has 0 saturated carbocycles. The number of nitrogens with two attached hydrogens (primary N) is 1. The molecule has 0 aliphatic heterocycles. The van der Waals surface area contributed by atoms with Crippen molar-refractivity contribution in [3.05, 3.63) is 5.82 Å². The van der Waals surface area contributed by atoms with Crippen LogP contribution in [0.3, 0.4) is 0 Å². The third kappa shape index (κ3) is 3.81. The molecular formula is C9H14F3N3OS. The monoisotopic (exact) mass is 269 g/mol.